The number of hydrogen-bond donors (Lipinski definition) is 0. The molecular weight excluding hydrogens is 402 g/mol. The standard InChI is InChI=1S/C20H20ClNO5S/c1-25-13-8-12(9-14(10-13)26-2)18(23)22-17(20(24)27-3)11-28-19(22)15-6-4-5-7-16(15)21/h4-10,17,19H,11H2,1-3H3. The molecule has 3 rings (SSSR count). The molecule has 1 saturated heterocycles. The van der Waals surface area contributed by atoms with E-state index in [2.05, 4.69) is 0 Å². The Morgan fingerprint density at radius 3 is 2.29 bits per heavy atom. The summed E-state index contributed by atoms with van der Waals surface area (Å²) in [5, 5.41) is 0.119. The molecular formula is C20H20ClNO5S. The number of hydrogen-bond acceptors (Lipinski definition) is 6. The fourth-order valence-electron chi connectivity index (χ4n) is 3.07. The summed E-state index contributed by atoms with van der Waals surface area (Å²) in [6, 6.07) is 11.5. The van der Waals surface area contributed by atoms with Gasteiger partial charge in [-0.2, -0.15) is 0 Å². The predicted octanol–water partition coefficient (Wildman–Crippen LogP) is 3.79. The third-order valence-electron chi connectivity index (χ3n) is 4.48. The number of thioether (sulfide) groups is 1. The van der Waals surface area contributed by atoms with Crippen molar-refractivity contribution < 1.29 is 23.8 Å². The van der Waals surface area contributed by atoms with Gasteiger partial charge in [0.05, 0.1) is 21.3 Å². The molecule has 8 heteroatoms. The maximum atomic E-state index is 13.5. The van der Waals surface area contributed by atoms with Crippen LogP contribution in [0.2, 0.25) is 5.02 Å². The average Bonchev–Trinajstić information content (AvgIpc) is 3.17. The van der Waals surface area contributed by atoms with Gasteiger partial charge in [0.25, 0.3) is 5.91 Å². The van der Waals surface area contributed by atoms with Gasteiger partial charge in [-0.1, -0.05) is 29.8 Å². The molecule has 1 fully saturated rings. The van der Waals surface area contributed by atoms with E-state index in [1.165, 1.54) is 38.0 Å². The second-order valence-corrected chi connectivity index (χ2v) is 7.58. The number of amides is 1. The van der Waals surface area contributed by atoms with E-state index in [1.54, 1.807) is 24.3 Å². The van der Waals surface area contributed by atoms with Gasteiger partial charge in [-0.05, 0) is 18.2 Å². The van der Waals surface area contributed by atoms with Crippen LogP contribution in [-0.2, 0) is 9.53 Å². The summed E-state index contributed by atoms with van der Waals surface area (Å²) in [5.41, 5.74) is 1.12. The molecule has 148 valence electrons. The Balaban J connectivity index is 2.05. The molecule has 0 N–H and O–H groups in total. The molecule has 0 saturated carbocycles. The molecule has 0 spiro atoms. The monoisotopic (exact) mass is 421 g/mol. The molecule has 0 radical (unpaired) electrons. The van der Waals surface area contributed by atoms with Crippen LogP contribution in [0.1, 0.15) is 21.3 Å². The Labute approximate surface area is 172 Å². The Morgan fingerprint density at radius 1 is 1.07 bits per heavy atom. The first-order valence-electron chi connectivity index (χ1n) is 8.49. The van der Waals surface area contributed by atoms with Crippen molar-refractivity contribution in [2.75, 3.05) is 27.1 Å². The van der Waals surface area contributed by atoms with Crippen LogP contribution in [0.15, 0.2) is 42.5 Å². The quantitative estimate of drug-likeness (QED) is 0.684. The summed E-state index contributed by atoms with van der Waals surface area (Å²) >= 11 is 7.84. The Morgan fingerprint density at radius 2 is 1.71 bits per heavy atom. The number of carbonyl (C=O) groups is 2. The van der Waals surface area contributed by atoms with Gasteiger partial charge in [0, 0.05) is 28.0 Å². The van der Waals surface area contributed by atoms with Crippen molar-refractivity contribution in [3.05, 3.63) is 58.6 Å². The number of methoxy groups -OCH3 is 3. The van der Waals surface area contributed by atoms with Crippen molar-refractivity contribution in [3.63, 3.8) is 0 Å². The van der Waals surface area contributed by atoms with E-state index in [0.29, 0.717) is 27.8 Å². The van der Waals surface area contributed by atoms with E-state index in [9.17, 15) is 9.59 Å². The van der Waals surface area contributed by atoms with E-state index in [0.717, 1.165) is 5.56 Å². The van der Waals surface area contributed by atoms with Gasteiger partial charge in [0.15, 0.2) is 0 Å². The molecule has 1 amide bonds. The lowest BCUT2D eigenvalue weighted by molar-refractivity contribution is -0.145. The lowest BCUT2D eigenvalue weighted by Gasteiger charge is -2.29. The minimum Gasteiger partial charge on any atom is -0.497 e. The van der Waals surface area contributed by atoms with Gasteiger partial charge >= 0.3 is 5.97 Å². The molecule has 1 aliphatic rings. The minimum absolute atomic E-state index is 0.331. The van der Waals surface area contributed by atoms with Gasteiger partial charge in [-0.15, -0.1) is 11.8 Å². The van der Waals surface area contributed by atoms with Gasteiger partial charge in [0.1, 0.15) is 22.9 Å². The van der Waals surface area contributed by atoms with Gasteiger partial charge < -0.3 is 19.1 Å². The number of esters is 1. The van der Waals surface area contributed by atoms with Crippen molar-refractivity contribution in [1.82, 2.24) is 4.90 Å². The number of halogens is 1. The zero-order valence-electron chi connectivity index (χ0n) is 15.7. The van der Waals surface area contributed by atoms with Gasteiger partial charge in [-0.25, -0.2) is 4.79 Å². The number of carbonyl (C=O) groups excluding carboxylic acids is 2. The number of rotatable bonds is 5. The van der Waals surface area contributed by atoms with Crippen LogP contribution in [0.4, 0.5) is 0 Å². The van der Waals surface area contributed by atoms with Crippen LogP contribution in [0.25, 0.3) is 0 Å². The third kappa shape index (κ3) is 3.91. The summed E-state index contributed by atoms with van der Waals surface area (Å²) in [4.78, 5) is 27.3. The van der Waals surface area contributed by atoms with Crippen LogP contribution in [0.3, 0.4) is 0 Å². The Kier molecular flexibility index (Phi) is 6.36. The summed E-state index contributed by atoms with van der Waals surface area (Å²) in [6.07, 6.45) is 0. The molecule has 6 nitrogen and oxygen atoms in total. The fraction of sp³-hybridized carbons (Fsp3) is 0.300. The van der Waals surface area contributed by atoms with E-state index in [-0.39, 0.29) is 5.91 Å². The zero-order chi connectivity index (χ0) is 20.3. The maximum absolute atomic E-state index is 13.5. The highest BCUT2D eigenvalue weighted by Gasteiger charge is 2.44. The lowest BCUT2D eigenvalue weighted by atomic mass is 10.1. The molecule has 2 atom stereocenters. The van der Waals surface area contributed by atoms with Crippen molar-refractivity contribution >= 4 is 35.2 Å². The summed E-state index contributed by atoms with van der Waals surface area (Å²) in [7, 11) is 4.34. The first kappa shape index (κ1) is 20.4. The largest absolute Gasteiger partial charge is 0.497 e. The van der Waals surface area contributed by atoms with E-state index in [1.807, 2.05) is 18.2 Å². The van der Waals surface area contributed by atoms with Crippen LogP contribution < -0.4 is 9.47 Å². The van der Waals surface area contributed by atoms with Crippen LogP contribution in [0, 0.1) is 0 Å². The number of nitrogens with zero attached hydrogens (tertiary/aromatic N) is 1. The van der Waals surface area contributed by atoms with E-state index < -0.39 is 17.4 Å². The summed E-state index contributed by atoms with van der Waals surface area (Å²) < 4.78 is 15.5. The highest BCUT2D eigenvalue weighted by Crippen LogP contribution is 2.45. The highest BCUT2D eigenvalue weighted by molar-refractivity contribution is 7.99. The molecule has 0 aliphatic carbocycles. The van der Waals surface area contributed by atoms with Crippen molar-refractivity contribution in [1.29, 1.82) is 0 Å². The molecule has 1 heterocycles. The average molecular weight is 422 g/mol. The van der Waals surface area contributed by atoms with Crippen molar-refractivity contribution in [3.8, 4) is 11.5 Å². The minimum atomic E-state index is -0.721. The normalized spacial score (nSPS) is 18.6. The molecule has 0 aromatic heterocycles. The second kappa shape index (κ2) is 8.75. The molecule has 1 aliphatic heterocycles. The molecule has 2 aromatic rings. The first-order valence-corrected chi connectivity index (χ1v) is 9.92. The second-order valence-electron chi connectivity index (χ2n) is 6.06. The van der Waals surface area contributed by atoms with Crippen molar-refractivity contribution in [2.45, 2.75) is 11.4 Å². The Bertz CT molecular complexity index is 868. The van der Waals surface area contributed by atoms with Crippen LogP contribution >= 0.6 is 23.4 Å². The zero-order valence-corrected chi connectivity index (χ0v) is 17.3. The number of benzene rings is 2. The summed E-state index contributed by atoms with van der Waals surface area (Å²) in [6.45, 7) is 0. The molecule has 0 bridgehead atoms. The molecule has 28 heavy (non-hydrogen) atoms. The molecule has 2 aromatic carbocycles. The first-order chi connectivity index (χ1) is 13.5. The number of ether oxygens (including phenoxy) is 3. The maximum Gasteiger partial charge on any atom is 0.329 e. The SMILES string of the molecule is COC(=O)C1CSC(c2ccccc2Cl)N1C(=O)c1cc(OC)cc(OC)c1. The van der Waals surface area contributed by atoms with E-state index >= 15 is 0 Å². The van der Waals surface area contributed by atoms with Gasteiger partial charge in [0.2, 0.25) is 0 Å². The topological polar surface area (TPSA) is 65.1 Å². The van der Waals surface area contributed by atoms with Crippen molar-refractivity contribution in [2.24, 2.45) is 0 Å². The highest BCUT2D eigenvalue weighted by atomic mass is 35.5. The third-order valence-corrected chi connectivity index (χ3v) is 6.13. The van der Waals surface area contributed by atoms with Gasteiger partial charge in [-0.3, -0.25) is 4.79 Å². The lowest BCUT2D eigenvalue weighted by Crippen LogP contribution is -2.43. The molecule has 2 unspecified atom stereocenters. The Hall–Kier alpha value is -2.38. The predicted molar refractivity (Wildman–Crippen MR) is 108 cm³/mol. The van der Waals surface area contributed by atoms with E-state index in [4.69, 9.17) is 25.8 Å². The van der Waals surface area contributed by atoms with Crippen LogP contribution in [0.5, 0.6) is 11.5 Å². The fourth-order valence-corrected chi connectivity index (χ4v) is 4.82. The smallest absolute Gasteiger partial charge is 0.329 e. The summed E-state index contributed by atoms with van der Waals surface area (Å²) in [5.74, 6) is 0.583. The van der Waals surface area contributed by atoms with Crippen LogP contribution in [-0.4, -0.2) is 49.9 Å².